The molecule has 0 aliphatic heterocycles. The highest BCUT2D eigenvalue weighted by atomic mass is 35.5. The smallest absolute Gasteiger partial charge is 0.137 e. The lowest BCUT2D eigenvalue weighted by molar-refractivity contribution is 0.0767. The molecule has 6 rings (SSSR count). The molecule has 1 aromatic heterocycles. The predicted molar refractivity (Wildman–Crippen MR) is 161 cm³/mol. The summed E-state index contributed by atoms with van der Waals surface area (Å²) in [6, 6.07) is 48.7. The fraction of sp³-hybridized carbons (Fsp3) is 0.0833. The summed E-state index contributed by atoms with van der Waals surface area (Å²) in [4.78, 5) is 4.90. The first-order valence-corrected chi connectivity index (χ1v) is 13.7. The first kappa shape index (κ1) is 25.8. The molecule has 0 bridgehead atoms. The summed E-state index contributed by atoms with van der Waals surface area (Å²) in [5, 5.41) is 13.1. The van der Waals surface area contributed by atoms with Gasteiger partial charge in [-0.05, 0) is 39.9 Å². The second kappa shape index (κ2) is 11.0. The first-order chi connectivity index (χ1) is 19.6. The number of halogens is 1. The molecule has 1 unspecified atom stereocenters. The third-order valence-corrected chi connectivity index (χ3v) is 7.81. The maximum atomic E-state index is 12.5. The normalized spacial score (nSPS) is 13.1. The molecule has 196 valence electrons. The van der Waals surface area contributed by atoms with Crippen molar-refractivity contribution < 1.29 is 5.11 Å². The number of rotatable bonds is 8. The standard InChI is InChI=1S/C36H29ClN2O/c37-33-23-13-22-32(24-33)35(40,25-28-14-5-1-6-15-28)34-26-39(27-38-34)36(29-16-7-2-8-17-29,30-18-9-3-10-19-30)31-20-11-4-12-21-31/h1-24,26-27,40H,25H2. The van der Waals surface area contributed by atoms with Crippen LogP contribution in [0.5, 0.6) is 0 Å². The molecule has 0 aliphatic carbocycles. The third-order valence-electron chi connectivity index (χ3n) is 7.57. The topological polar surface area (TPSA) is 38.0 Å². The van der Waals surface area contributed by atoms with Gasteiger partial charge in [0, 0.05) is 17.6 Å². The maximum Gasteiger partial charge on any atom is 0.137 e. The Balaban J connectivity index is 1.60. The van der Waals surface area contributed by atoms with Crippen LogP contribution in [-0.2, 0) is 17.6 Å². The van der Waals surface area contributed by atoms with Crippen LogP contribution in [0.4, 0.5) is 0 Å². The van der Waals surface area contributed by atoms with E-state index in [9.17, 15) is 5.11 Å². The van der Waals surface area contributed by atoms with E-state index >= 15 is 0 Å². The summed E-state index contributed by atoms with van der Waals surface area (Å²) in [5.41, 5.74) is 3.37. The van der Waals surface area contributed by atoms with E-state index in [4.69, 9.17) is 16.6 Å². The molecule has 6 aromatic rings. The second-order valence-corrected chi connectivity index (χ2v) is 10.4. The Hall–Kier alpha value is -4.44. The van der Waals surface area contributed by atoms with Gasteiger partial charge in [-0.1, -0.05) is 145 Å². The minimum atomic E-state index is -1.41. The SMILES string of the molecule is OC(Cc1ccccc1)(c1cccc(Cl)c1)c1cn(C(c2ccccc2)(c2ccccc2)c2ccccc2)cn1. The average Bonchev–Trinajstić information content (AvgIpc) is 3.51. The highest BCUT2D eigenvalue weighted by Crippen LogP contribution is 2.42. The lowest BCUT2D eigenvalue weighted by atomic mass is 9.76. The van der Waals surface area contributed by atoms with Crippen LogP contribution in [0, 0.1) is 0 Å². The summed E-state index contributed by atoms with van der Waals surface area (Å²) < 4.78 is 2.13. The second-order valence-electron chi connectivity index (χ2n) is 10.0. The van der Waals surface area contributed by atoms with Gasteiger partial charge in [-0.2, -0.15) is 0 Å². The van der Waals surface area contributed by atoms with Gasteiger partial charge in [-0.3, -0.25) is 0 Å². The lowest BCUT2D eigenvalue weighted by Gasteiger charge is -2.37. The molecule has 5 aromatic carbocycles. The van der Waals surface area contributed by atoms with E-state index in [1.54, 1.807) is 0 Å². The van der Waals surface area contributed by atoms with Gasteiger partial charge in [0.25, 0.3) is 0 Å². The summed E-state index contributed by atoms with van der Waals surface area (Å²) in [5.74, 6) is 0. The van der Waals surface area contributed by atoms with E-state index in [0.717, 1.165) is 22.3 Å². The van der Waals surface area contributed by atoms with Gasteiger partial charge in [0.1, 0.15) is 11.1 Å². The molecule has 3 nitrogen and oxygen atoms in total. The van der Waals surface area contributed by atoms with Gasteiger partial charge in [0.2, 0.25) is 0 Å². The molecule has 0 radical (unpaired) electrons. The average molecular weight is 541 g/mol. The predicted octanol–water partition coefficient (Wildman–Crippen LogP) is 7.86. The van der Waals surface area contributed by atoms with E-state index in [2.05, 4.69) is 77.4 Å². The molecule has 1 N–H and O–H groups in total. The van der Waals surface area contributed by atoms with Crippen LogP contribution < -0.4 is 0 Å². The third kappa shape index (κ3) is 4.64. The van der Waals surface area contributed by atoms with Crippen molar-refractivity contribution in [2.75, 3.05) is 0 Å². The Kier molecular flexibility index (Phi) is 7.08. The van der Waals surface area contributed by atoms with Gasteiger partial charge < -0.3 is 9.67 Å². The summed E-state index contributed by atoms with van der Waals surface area (Å²) in [7, 11) is 0. The van der Waals surface area contributed by atoms with Crippen LogP contribution in [0.3, 0.4) is 0 Å². The largest absolute Gasteiger partial charge is 0.378 e. The Bertz CT molecular complexity index is 1590. The van der Waals surface area contributed by atoms with Crippen molar-refractivity contribution >= 4 is 11.6 Å². The van der Waals surface area contributed by atoms with Crippen molar-refractivity contribution in [2.45, 2.75) is 17.6 Å². The molecule has 40 heavy (non-hydrogen) atoms. The molecular weight excluding hydrogens is 512 g/mol. The highest BCUT2D eigenvalue weighted by molar-refractivity contribution is 6.30. The molecule has 0 saturated carbocycles. The van der Waals surface area contributed by atoms with Crippen LogP contribution in [0.25, 0.3) is 0 Å². The molecular formula is C36H29ClN2O. The van der Waals surface area contributed by atoms with E-state index in [1.807, 2.05) is 85.3 Å². The number of aliphatic hydroxyl groups is 1. The highest BCUT2D eigenvalue weighted by Gasteiger charge is 2.41. The molecule has 1 heterocycles. The minimum absolute atomic E-state index is 0.347. The summed E-state index contributed by atoms with van der Waals surface area (Å²) in [6.07, 6.45) is 4.17. The molecule has 0 saturated heterocycles. The van der Waals surface area contributed by atoms with Crippen molar-refractivity contribution in [1.29, 1.82) is 0 Å². The van der Waals surface area contributed by atoms with Gasteiger partial charge in [-0.25, -0.2) is 4.98 Å². The Morgan fingerprint density at radius 1 is 0.600 bits per heavy atom. The quantitative estimate of drug-likeness (QED) is 0.200. The fourth-order valence-electron chi connectivity index (χ4n) is 5.68. The molecule has 0 aliphatic rings. The van der Waals surface area contributed by atoms with E-state index < -0.39 is 11.1 Å². The summed E-state index contributed by atoms with van der Waals surface area (Å²) >= 11 is 6.42. The molecule has 0 spiro atoms. The minimum Gasteiger partial charge on any atom is -0.378 e. The number of hydrogen-bond donors (Lipinski definition) is 1. The lowest BCUT2D eigenvalue weighted by Crippen LogP contribution is -2.37. The van der Waals surface area contributed by atoms with Crippen LogP contribution in [-0.4, -0.2) is 14.7 Å². The number of benzene rings is 5. The van der Waals surface area contributed by atoms with Crippen molar-refractivity contribution in [3.8, 4) is 0 Å². The Labute approximate surface area is 240 Å². The zero-order chi connectivity index (χ0) is 27.4. The zero-order valence-electron chi connectivity index (χ0n) is 21.9. The number of nitrogens with zero attached hydrogens (tertiary/aromatic N) is 2. The van der Waals surface area contributed by atoms with Crippen molar-refractivity contribution in [2.24, 2.45) is 0 Å². The Morgan fingerprint density at radius 3 is 1.57 bits per heavy atom. The van der Waals surface area contributed by atoms with Gasteiger partial charge >= 0.3 is 0 Å². The van der Waals surface area contributed by atoms with Gasteiger partial charge in [0.15, 0.2) is 0 Å². The molecule has 0 fully saturated rings. The van der Waals surface area contributed by atoms with Crippen molar-refractivity contribution in [3.63, 3.8) is 0 Å². The van der Waals surface area contributed by atoms with Gasteiger partial charge in [-0.15, -0.1) is 0 Å². The zero-order valence-corrected chi connectivity index (χ0v) is 22.7. The van der Waals surface area contributed by atoms with Crippen LogP contribution >= 0.6 is 11.6 Å². The fourth-order valence-corrected chi connectivity index (χ4v) is 5.87. The molecule has 0 amide bonds. The van der Waals surface area contributed by atoms with Crippen LogP contribution in [0.1, 0.15) is 33.5 Å². The van der Waals surface area contributed by atoms with Crippen molar-refractivity contribution in [1.82, 2.24) is 9.55 Å². The monoisotopic (exact) mass is 540 g/mol. The van der Waals surface area contributed by atoms with Crippen molar-refractivity contribution in [3.05, 3.63) is 197 Å². The number of imidazole rings is 1. The number of aromatic nitrogens is 2. The number of hydrogen-bond acceptors (Lipinski definition) is 2. The first-order valence-electron chi connectivity index (χ1n) is 13.3. The van der Waals surface area contributed by atoms with E-state index in [0.29, 0.717) is 22.7 Å². The molecule has 1 atom stereocenters. The van der Waals surface area contributed by atoms with Crippen LogP contribution in [0.2, 0.25) is 5.02 Å². The van der Waals surface area contributed by atoms with E-state index in [-0.39, 0.29) is 0 Å². The maximum absolute atomic E-state index is 12.5. The van der Waals surface area contributed by atoms with Crippen LogP contribution in [0.15, 0.2) is 158 Å². The summed E-state index contributed by atoms with van der Waals surface area (Å²) in [6.45, 7) is 0. The van der Waals surface area contributed by atoms with E-state index in [1.165, 1.54) is 0 Å². The molecule has 4 heteroatoms. The Morgan fingerprint density at radius 2 is 1.07 bits per heavy atom. The van der Waals surface area contributed by atoms with Gasteiger partial charge in [0.05, 0.1) is 12.0 Å².